The molecule has 2 saturated heterocycles. The summed E-state index contributed by atoms with van der Waals surface area (Å²) in [5, 5.41) is 0. The fourth-order valence-corrected chi connectivity index (χ4v) is 3.83. The molecule has 0 saturated carbocycles. The smallest absolute Gasteiger partial charge is 0.236 e. The first-order valence-corrected chi connectivity index (χ1v) is 9.82. The second kappa shape index (κ2) is 8.48. The summed E-state index contributed by atoms with van der Waals surface area (Å²) in [5.41, 5.74) is 1.86. The summed E-state index contributed by atoms with van der Waals surface area (Å²) in [5.74, 6) is 1.09. The summed E-state index contributed by atoms with van der Waals surface area (Å²) < 4.78 is 6.29. The maximum Gasteiger partial charge on any atom is 0.236 e. The van der Waals surface area contributed by atoms with Crippen LogP contribution in [0.25, 0.3) is 11.3 Å². The molecule has 0 unspecified atom stereocenters. The van der Waals surface area contributed by atoms with Gasteiger partial charge in [-0.3, -0.25) is 19.7 Å². The Hall–Kier alpha value is -2.47. The Bertz CT molecular complexity index is 754. The largest absolute Gasteiger partial charge is 0.488 e. The molecule has 0 aliphatic carbocycles. The maximum atomic E-state index is 12.3. The molecular formula is C21H26N4O2. The quantitative estimate of drug-likeness (QED) is 0.814. The molecule has 6 nitrogen and oxygen atoms in total. The van der Waals surface area contributed by atoms with Crippen molar-refractivity contribution in [3.05, 3.63) is 42.9 Å². The van der Waals surface area contributed by atoms with Crippen molar-refractivity contribution >= 4 is 5.91 Å². The third-order valence-corrected chi connectivity index (χ3v) is 5.37. The molecule has 0 N–H and O–H groups in total. The van der Waals surface area contributed by atoms with Gasteiger partial charge in [-0.1, -0.05) is 0 Å². The Labute approximate surface area is 160 Å². The van der Waals surface area contributed by atoms with E-state index in [0.29, 0.717) is 6.54 Å². The van der Waals surface area contributed by atoms with Crippen molar-refractivity contribution in [1.29, 1.82) is 0 Å². The van der Waals surface area contributed by atoms with Crippen molar-refractivity contribution in [3.63, 3.8) is 0 Å². The number of piperidine rings is 1. The van der Waals surface area contributed by atoms with E-state index in [-0.39, 0.29) is 12.0 Å². The van der Waals surface area contributed by atoms with Gasteiger partial charge in [-0.15, -0.1) is 0 Å². The Balaban J connectivity index is 1.33. The van der Waals surface area contributed by atoms with Crippen LogP contribution < -0.4 is 4.74 Å². The predicted molar refractivity (Wildman–Crippen MR) is 103 cm³/mol. The van der Waals surface area contributed by atoms with E-state index in [1.165, 1.54) is 0 Å². The molecule has 1 amide bonds. The first-order valence-electron chi connectivity index (χ1n) is 9.82. The molecule has 0 spiro atoms. The first-order chi connectivity index (χ1) is 13.3. The highest BCUT2D eigenvalue weighted by molar-refractivity contribution is 5.78. The molecule has 0 aromatic carbocycles. The normalized spacial score (nSPS) is 18.6. The maximum absolute atomic E-state index is 12.3. The Morgan fingerprint density at radius 2 is 1.78 bits per heavy atom. The van der Waals surface area contributed by atoms with Gasteiger partial charge in [-0.2, -0.15) is 0 Å². The minimum atomic E-state index is 0.160. The highest BCUT2D eigenvalue weighted by Crippen LogP contribution is 2.29. The van der Waals surface area contributed by atoms with Crippen molar-refractivity contribution in [2.45, 2.75) is 31.8 Å². The van der Waals surface area contributed by atoms with E-state index in [1.54, 1.807) is 18.6 Å². The number of carbonyl (C=O) groups excluding carboxylic acids is 1. The fourth-order valence-electron chi connectivity index (χ4n) is 3.83. The van der Waals surface area contributed by atoms with Crippen molar-refractivity contribution in [1.82, 2.24) is 19.8 Å². The van der Waals surface area contributed by atoms with Crippen molar-refractivity contribution < 1.29 is 9.53 Å². The van der Waals surface area contributed by atoms with Crippen LogP contribution in [0.1, 0.15) is 25.7 Å². The van der Waals surface area contributed by atoms with Crippen molar-refractivity contribution in [2.75, 3.05) is 32.7 Å². The highest BCUT2D eigenvalue weighted by Gasteiger charge is 2.25. The van der Waals surface area contributed by atoms with Crippen LogP contribution >= 0.6 is 0 Å². The molecule has 2 aliphatic rings. The molecule has 4 rings (SSSR count). The van der Waals surface area contributed by atoms with Gasteiger partial charge in [0, 0.05) is 50.3 Å². The molecular weight excluding hydrogens is 340 g/mol. The van der Waals surface area contributed by atoms with Crippen molar-refractivity contribution in [3.8, 4) is 17.0 Å². The number of hydrogen-bond donors (Lipinski definition) is 0. The summed E-state index contributed by atoms with van der Waals surface area (Å²) in [6.45, 7) is 4.19. The van der Waals surface area contributed by atoms with E-state index in [9.17, 15) is 4.79 Å². The summed E-state index contributed by atoms with van der Waals surface area (Å²) in [6, 6.07) is 7.78. The van der Waals surface area contributed by atoms with Crippen LogP contribution in [0.5, 0.6) is 5.75 Å². The predicted octanol–water partition coefficient (Wildman–Crippen LogP) is 2.61. The molecule has 2 aromatic heterocycles. The van der Waals surface area contributed by atoms with Crippen LogP contribution in [0.2, 0.25) is 0 Å². The highest BCUT2D eigenvalue weighted by atomic mass is 16.5. The van der Waals surface area contributed by atoms with Gasteiger partial charge in [0.05, 0.1) is 6.54 Å². The fraction of sp³-hybridized carbons (Fsp3) is 0.476. The summed E-state index contributed by atoms with van der Waals surface area (Å²) in [6.07, 6.45) is 9.63. The van der Waals surface area contributed by atoms with Gasteiger partial charge in [0.1, 0.15) is 17.5 Å². The topological polar surface area (TPSA) is 58.6 Å². The zero-order chi connectivity index (χ0) is 18.5. The van der Waals surface area contributed by atoms with Crippen LogP contribution in [-0.4, -0.2) is 64.5 Å². The molecule has 0 bridgehead atoms. The van der Waals surface area contributed by atoms with E-state index >= 15 is 0 Å². The third kappa shape index (κ3) is 4.45. The van der Waals surface area contributed by atoms with Crippen LogP contribution in [0.3, 0.4) is 0 Å². The number of likely N-dealkylation sites (tertiary alicyclic amines) is 2. The monoisotopic (exact) mass is 366 g/mol. The van der Waals surface area contributed by atoms with Gasteiger partial charge in [0.15, 0.2) is 0 Å². The molecule has 27 heavy (non-hydrogen) atoms. The van der Waals surface area contributed by atoms with Gasteiger partial charge in [-0.25, -0.2) is 0 Å². The second-order valence-electron chi connectivity index (χ2n) is 7.27. The minimum absolute atomic E-state index is 0.160. The van der Waals surface area contributed by atoms with Gasteiger partial charge in [0.2, 0.25) is 5.91 Å². The van der Waals surface area contributed by atoms with Crippen LogP contribution in [0.4, 0.5) is 0 Å². The molecule has 2 aliphatic heterocycles. The Kier molecular flexibility index (Phi) is 5.63. The van der Waals surface area contributed by atoms with Crippen LogP contribution in [0, 0.1) is 0 Å². The number of nitrogens with zero attached hydrogens (tertiary/aromatic N) is 4. The lowest BCUT2D eigenvalue weighted by Gasteiger charge is -2.32. The number of ether oxygens (including phenoxy) is 1. The van der Waals surface area contributed by atoms with Crippen LogP contribution in [0.15, 0.2) is 42.9 Å². The zero-order valence-corrected chi connectivity index (χ0v) is 15.6. The van der Waals surface area contributed by atoms with Crippen LogP contribution in [-0.2, 0) is 4.79 Å². The molecule has 6 heteroatoms. The Morgan fingerprint density at radius 3 is 2.52 bits per heavy atom. The molecule has 2 aromatic rings. The lowest BCUT2D eigenvalue weighted by Crippen LogP contribution is -2.44. The van der Waals surface area contributed by atoms with Gasteiger partial charge in [-0.05, 0) is 49.9 Å². The number of aromatic nitrogens is 2. The van der Waals surface area contributed by atoms with E-state index in [2.05, 4.69) is 14.9 Å². The lowest BCUT2D eigenvalue weighted by molar-refractivity contribution is -0.131. The Morgan fingerprint density at radius 1 is 1.04 bits per heavy atom. The molecule has 0 atom stereocenters. The van der Waals surface area contributed by atoms with Gasteiger partial charge in [0.25, 0.3) is 0 Å². The number of hydrogen-bond acceptors (Lipinski definition) is 5. The molecule has 0 radical (unpaired) electrons. The number of amides is 1. The van der Waals surface area contributed by atoms with E-state index in [1.807, 2.05) is 29.2 Å². The number of carbonyl (C=O) groups is 1. The van der Waals surface area contributed by atoms with Gasteiger partial charge >= 0.3 is 0 Å². The van der Waals surface area contributed by atoms with Crippen molar-refractivity contribution in [2.24, 2.45) is 0 Å². The van der Waals surface area contributed by atoms with E-state index in [0.717, 1.165) is 68.9 Å². The third-order valence-electron chi connectivity index (χ3n) is 5.37. The number of pyridine rings is 2. The molecule has 142 valence electrons. The second-order valence-corrected chi connectivity index (χ2v) is 7.27. The summed E-state index contributed by atoms with van der Waals surface area (Å²) in [4.78, 5) is 25.2. The lowest BCUT2D eigenvalue weighted by atomic mass is 10.1. The molecule has 4 heterocycles. The molecule has 2 fully saturated rings. The SMILES string of the molecule is O=C(CN1CCC(Oc2cccnc2-c2ccncc2)CC1)N1CCCC1. The van der Waals surface area contributed by atoms with Gasteiger partial charge < -0.3 is 9.64 Å². The first kappa shape index (κ1) is 17.9. The number of rotatable bonds is 5. The van der Waals surface area contributed by atoms with E-state index in [4.69, 9.17) is 4.74 Å². The zero-order valence-electron chi connectivity index (χ0n) is 15.6. The minimum Gasteiger partial charge on any atom is -0.488 e. The average Bonchev–Trinajstić information content (AvgIpc) is 3.26. The summed E-state index contributed by atoms with van der Waals surface area (Å²) >= 11 is 0. The average molecular weight is 366 g/mol. The summed E-state index contributed by atoms with van der Waals surface area (Å²) in [7, 11) is 0. The standard InChI is InChI=1S/C21H26N4O2/c26-20(25-12-1-2-13-25)16-24-14-7-18(8-15-24)27-19-4-3-9-23-21(19)17-5-10-22-11-6-17/h3-6,9-11,18H,1-2,7-8,12-16H2. The van der Waals surface area contributed by atoms with E-state index < -0.39 is 0 Å².